The van der Waals surface area contributed by atoms with Gasteiger partial charge in [0.05, 0.1) is 12.1 Å². The van der Waals surface area contributed by atoms with Crippen molar-refractivity contribution >= 4 is 40.5 Å². The summed E-state index contributed by atoms with van der Waals surface area (Å²) < 4.78 is -1.87. The molecule has 0 saturated heterocycles. The number of nitrogens with zero attached hydrogens (tertiary/aromatic N) is 1. The van der Waals surface area contributed by atoms with Crippen LogP contribution in [0.4, 0.5) is 0 Å². The van der Waals surface area contributed by atoms with Crippen LogP contribution in [0.1, 0.15) is 13.3 Å². The maximum atomic E-state index is 9.47. The highest BCUT2D eigenvalue weighted by Gasteiger charge is 2.53. The Bertz CT molecular complexity index is 200. The summed E-state index contributed by atoms with van der Waals surface area (Å²) in [5, 5.41) is 12.9. The molecule has 0 aromatic heterocycles. The third kappa shape index (κ3) is 1.72. The largest absolute Gasteiger partial charge is 0.355 e. The van der Waals surface area contributed by atoms with E-state index in [-0.39, 0.29) is 6.42 Å². The highest BCUT2D eigenvalue weighted by molar-refractivity contribution is 6.68. The van der Waals surface area contributed by atoms with Gasteiger partial charge in [0.25, 0.3) is 9.58 Å². The van der Waals surface area contributed by atoms with Crippen molar-refractivity contribution in [1.82, 2.24) is 0 Å². The van der Waals surface area contributed by atoms with E-state index in [2.05, 4.69) is 9.99 Å². The first-order valence-corrected chi connectivity index (χ1v) is 3.99. The molecule has 0 amide bonds. The lowest BCUT2D eigenvalue weighted by Gasteiger charge is -2.26. The normalized spacial score (nSPS) is 31.5. The van der Waals surface area contributed by atoms with Gasteiger partial charge in [-0.25, -0.2) is 0 Å². The molecule has 1 N–H and O–H groups in total. The fourth-order valence-electron chi connectivity index (χ4n) is 0.717. The SMILES string of the molecule is CC1=NOC(O)(C(Cl)(Cl)Cl)C1. The van der Waals surface area contributed by atoms with E-state index in [9.17, 15) is 5.11 Å². The molecule has 0 aromatic carbocycles. The van der Waals surface area contributed by atoms with Gasteiger partial charge in [-0.05, 0) is 6.92 Å². The monoisotopic (exact) mass is 217 g/mol. The van der Waals surface area contributed by atoms with Gasteiger partial charge in [-0.3, -0.25) is 0 Å². The summed E-state index contributed by atoms with van der Waals surface area (Å²) in [5.41, 5.74) is 0.596. The summed E-state index contributed by atoms with van der Waals surface area (Å²) >= 11 is 16.3. The number of hydrogen-bond donors (Lipinski definition) is 1. The first-order chi connectivity index (χ1) is 4.85. The molecule has 0 fully saturated rings. The molecule has 1 rings (SSSR count). The highest BCUT2D eigenvalue weighted by atomic mass is 35.6. The third-order valence-electron chi connectivity index (χ3n) is 1.29. The zero-order valence-electron chi connectivity index (χ0n) is 5.64. The number of rotatable bonds is 0. The standard InChI is InChI=1S/C5H6Cl3NO2/c1-3-2-4(10,11-9-3)5(6,7)8/h10H,2H2,1H3. The first-order valence-electron chi connectivity index (χ1n) is 2.86. The lowest BCUT2D eigenvalue weighted by Crippen LogP contribution is -2.42. The van der Waals surface area contributed by atoms with Gasteiger partial charge >= 0.3 is 0 Å². The lowest BCUT2D eigenvalue weighted by atomic mass is 10.2. The van der Waals surface area contributed by atoms with Crippen molar-refractivity contribution in [2.75, 3.05) is 0 Å². The Morgan fingerprint density at radius 2 is 2.18 bits per heavy atom. The van der Waals surface area contributed by atoms with Gasteiger partial charge in [-0.2, -0.15) is 0 Å². The van der Waals surface area contributed by atoms with Crippen molar-refractivity contribution in [3.05, 3.63) is 0 Å². The Morgan fingerprint density at radius 1 is 1.64 bits per heavy atom. The lowest BCUT2D eigenvalue weighted by molar-refractivity contribution is -0.181. The molecule has 0 spiro atoms. The second-order valence-electron chi connectivity index (χ2n) is 2.38. The Balaban J connectivity index is 2.74. The summed E-state index contributed by atoms with van der Waals surface area (Å²) in [6, 6.07) is 0. The molecule has 3 nitrogen and oxygen atoms in total. The topological polar surface area (TPSA) is 41.8 Å². The molecule has 1 unspecified atom stereocenters. The van der Waals surface area contributed by atoms with E-state index in [4.69, 9.17) is 34.8 Å². The van der Waals surface area contributed by atoms with Crippen LogP contribution in [-0.2, 0) is 4.84 Å². The average molecular weight is 218 g/mol. The van der Waals surface area contributed by atoms with Gasteiger partial charge in [0, 0.05) is 0 Å². The minimum absolute atomic E-state index is 0.115. The van der Waals surface area contributed by atoms with Gasteiger partial charge in [-0.15, -0.1) is 0 Å². The minimum atomic E-state index is -1.87. The van der Waals surface area contributed by atoms with Gasteiger partial charge in [0.2, 0.25) is 0 Å². The molecular formula is C5H6Cl3NO2. The summed E-state index contributed by atoms with van der Waals surface area (Å²) in [4.78, 5) is 4.56. The molecule has 0 aromatic rings. The average Bonchev–Trinajstić information content (AvgIpc) is 2.10. The van der Waals surface area contributed by atoms with Crippen molar-refractivity contribution in [3.8, 4) is 0 Å². The van der Waals surface area contributed by atoms with Crippen molar-refractivity contribution in [1.29, 1.82) is 0 Å². The third-order valence-corrected chi connectivity index (χ3v) is 2.18. The van der Waals surface area contributed by atoms with E-state index in [0.717, 1.165) is 0 Å². The maximum Gasteiger partial charge on any atom is 0.287 e. The molecule has 1 heterocycles. The predicted molar refractivity (Wildman–Crippen MR) is 44.1 cm³/mol. The molecule has 1 aliphatic heterocycles. The van der Waals surface area contributed by atoms with E-state index in [1.807, 2.05) is 0 Å². The molecule has 64 valence electrons. The van der Waals surface area contributed by atoms with E-state index in [1.165, 1.54) is 0 Å². The number of alkyl halides is 3. The Labute approximate surface area is 78.9 Å². The fourth-order valence-corrected chi connectivity index (χ4v) is 1.02. The minimum Gasteiger partial charge on any atom is -0.355 e. The Kier molecular flexibility index (Phi) is 2.27. The summed E-state index contributed by atoms with van der Waals surface area (Å²) in [5.74, 6) is -1.80. The van der Waals surface area contributed by atoms with Crippen LogP contribution < -0.4 is 0 Å². The molecule has 11 heavy (non-hydrogen) atoms. The molecule has 0 radical (unpaired) electrons. The Morgan fingerprint density at radius 3 is 2.36 bits per heavy atom. The number of aliphatic hydroxyl groups is 1. The van der Waals surface area contributed by atoms with Crippen molar-refractivity contribution in [2.45, 2.75) is 22.9 Å². The van der Waals surface area contributed by atoms with E-state index >= 15 is 0 Å². The van der Waals surface area contributed by atoms with Crippen molar-refractivity contribution < 1.29 is 9.94 Å². The second kappa shape index (κ2) is 2.66. The molecule has 1 aliphatic rings. The smallest absolute Gasteiger partial charge is 0.287 e. The van der Waals surface area contributed by atoms with Gasteiger partial charge in [0.1, 0.15) is 0 Å². The van der Waals surface area contributed by atoms with Gasteiger partial charge in [-0.1, -0.05) is 40.0 Å². The van der Waals surface area contributed by atoms with Crippen LogP contribution >= 0.6 is 34.8 Å². The van der Waals surface area contributed by atoms with Crippen LogP contribution in [0.25, 0.3) is 0 Å². The Hall–Kier alpha value is 0.300. The van der Waals surface area contributed by atoms with Crippen LogP contribution in [0.2, 0.25) is 0 Å². The number of oxime groups is 1. The molecular weight excluding hydrogens is 212 g/mol. The zero-order chi connectivity index (χ0) is 8.70. The first kappa shape index (κ1) is 9.39. The quantitative estimate of drug-likeness (QED) is 0.631. The van der Waals surface area contributed by atoms with E-state index < -0.39 is 9.58 Å². The van der Waals surface area contributed by atoms with Crippen molar-refractivity contribution in [2.24, 2.45) is 5.16 Å². The van der Waals surface area contributed by atoms with Gasteiger partial charge < -0.3 is 9.94 Å². The molecule has 0 bridgehead atoms. The zero-order valence-corrected chi connectivity index (χ0v) is 7.91. The van der Waals surface area contributed by atoms with Crippen LogP contribution in [0.5, 0.6) is 0 Å². The highest BCUT2D eigenvalue weighted by Crippen LogP contribution is 2.43. The fraction of sp³-hybridized carbons (Fsp3) is 0.800. The van der Waals surface area contributed by atoms with Gasteiger partial charge in [0.15, 0.2) is 0 Å². The molecule has 1 atom stereocenters. The van der Waals surface area contributed by atoms with Crippen LogP contribution in [0, 0.1) is 0 Å². The van der Waals surface area contributed by atoms with Crippen LogP contribution in [0.15, 0.2) is 5.16 Å². The second-order valence-corrected chi connectivity index (χ2v) is 4.66. The maximum absolute atomic E-state index is 9.47. The predicted octanol–water partition coefficient (Wildman–Crippen LogP) is 1.84. The van der Waals surface area contributed by atoms with Crippen molar-refractivity contribution in [3.63, 3.8) is 0 Å². The van der Waals surface area contributed by atoms with Crippen LogP contribution in [0.3, 0.4) is 0 Å². The van der Waals surface area contributed by atoms with E-state index in [0.29, 0.717) is 5.71 Å². The summed E-state index contributed by atoms with van der Waals surface area (Å²) in [7, 11) is 0. The molecule has 6 heteroatoms. The van der Waals surface area contributed by atoms with E-state index in [1.54, 1.807) is 6.92 Å². The van der Waals surface area contributed by atoms with Crippen LogP contribution in [-0.4, -0.2) is 20.4 Å². The summed E-state index contributed by atoms with van der Waals surface area (Å²) in [6.45, 7) is 1.67. The number of hydrogen-bond acceptors (Lipinski definition) is 3. The number of halogens is 3. The molecule has 0 saturated carbocycles. The molecule has 0 aliphatic carbocycles. The summed E-state index contributed by atoms with van der Waals surface area (Å²) in [6.07, 6.45) is 0.115.